The summed E-state index contributed by atoms with van der Waals surface area (Å²) in [5.41, 5.74) is -0.638. The number of hydrogen-bond acceptors (Lipinski definition) is 8. The summed E-state index contributed by atoms with van der Waals surface area (Å²) >= 11 is 0. The van der Waals surface area contributed by atoms with Gasteiger partial charge in [0, 0.05) is 32.3 Å². The lowest BCUT2D eigenvalue weighted by molar-refractivity contribution is -0.138. The van der Waals surface area contributed by atoms with Gasteiger partial charge in [0.1, 0.15) is 24.3 Å². The highest BCUT2D eigenvalue weighted by Gasteiger charge is 2.48. The lowest BCUT2D eigenvalue weighted by Crippen LogP contribution is -2.56. The van der Waals surface area contributed by atoms with Gasteiger partial charge >= 0.3 is 0 Å². The molecule has 6 rings (SSSR count). The van der Waals surface area contributed by atoms with Gasteiger partial charge in [-0.15, -0.1) is 0 Å². The minimum absolute atomic E-state index is 0.0686. The van der Waals surface area contributed by atoms with Crippen LogP contribution in [0.4, 0.5) is 5.69 Å². The molecule has 13 heteroatoms. The van der Waals surface area contributed by atoms with Crippen LogP contribution in [-0.4, -0.2) is 78.9 Å². The number of likely N-dealkylation sites (N-methyl/N-ethyl adjacent to an activating group) is 1. The Hall–Kier alpha value is -3.58. The van der Waals surface area contributed by atoms with Crippen molar-refractivity contribution >= 4 is 35.1 Å². The van der Waals surface area contributed by atoms with Crippen LogP contribution in [0.5, 0.6) is 0 Å². The van der Waals surface area contributed by atoms with Crippen LogP contribution in [0.1, 0.15) is 44.9 Å². The minimum Gasteiger partial charge on any atom is -0.378 e. The molecule has 1 saturated heterocycles. The molecule has 2 atom stereocenters. The number of anilines is 1. The Bertz CT molecular complexity index is 1250. The van der Waals surface area contributed by atoms with Crippen LogP contribution < -0.4 is 32.1 Å². The number of amides is 4. The number of Topliss-reactive ketones (excluding diaryl/α,β-unsaturated/α-hetero) is 1. The normalized spacial score (nSPS) is 28.4. The van der Waals surface area contributed by atoms with E-state index in [4.69, 9.17) is 4.74 Å². The molecule has 1 aromatic heterocycles. The Kier molecular flexibility index (Phi) is 9.37. The standard InChI is InChI=1S/C29H40N6O7/c1-30-28(40)23(36)5-4-20(32-27(39)22-15-42-8-6-31-22)26(38)33-21-3-2-7-35(29(21)41)14-24(37)34-25-18-10-16-9-17(12-18)13-19(25)11-16/h2-3,7,16-20,22,25,31H,4-6,8-15H2,1H3,(H,30,40)(H,32,39)(H,33,38)(H,34,37)/t16?,17?,18?,19?,20-,22+,25?/m0/s1. The van der Waals surface area contributed by atoms with E-state index in [9.17, 15) is 28.8 Å². The van der Waals surface area contributed by atoms with Crippen molar-refractivity contribution < 1.29 is 28.7 Å². The Morgan fingerprint density at radius 1 is 1.07 bits per heavy atom. The maximum atomic E-state index is 13.3. The van der Waals surface area contributed by atoms with E-state index in [0.29, 0.717) is 25.0 Å². The van der Waals surface area contributed by atoms with E-state index >= 15 is 0 Å². The molecule has 4 aliphatic carbocycles. The average Bonchev–Trinajstić information content (AvgIpc) is 2.98. The fourth-order valence-electron chi connectivity index (χ4n) is 7.33. The van der Waals surface area contributed by atoms with Crippen molar-refractivity contribution in [2.45, 2.75) is 69.6 Å². The molecule has 0 unspecified atom stereocenters. The molecular formula is C29H40N6O7. The molecule has 13 nitrogen and oxygen atoms in total. The second-order valence-electron chi connectivity index (χ2n) is 12.1. The highest BCUT2D eigenvalue weighted by molar-refractivity contribution is 6.36. The second-order valence-corrected chi connectivity index (χ2v) is 12.1. The van der Waals surface area contributed by atoms with Crippen LogP contribution in [0.3, 0.4) is 0 Å². The quantitative estimate of drug-likeness (QED) is 0.212. The van der Waals surface area contributed by atoms with E-state index in [2.05, 4.69) is 26.6 Å². The summed E-state index contributed by atoms with van der Waals surface area (Å²) in [6, 6.07) is 1.22. The van der Waals surface area contributed by atoms with Crippen molar-refractivity contribution in [3.8, 4) is 0 Å². The monoisotopic (exact) mass is 584 g/mol. The molecule has 0 radical (unpaired) electrons. The molecule has 2 heterocycles. The van der Waals surface area contributed by atoms with Crippen molar-refractivity contribution in [2.75, 3.05) is 32.1 Å². The van der Waals surface area contributed by atoms with Crippen molar-refractivity contribution in [1.29, 1.82) is 0 Å². The van der Waals surface area contributed by atoms with E-state index in [1.807, 2.05) is 0 Å². The maximum Gasteiger partial charge on any atom is 0.287 e. The number of nitrogens with zero attached hydrogens (tertiary/aromatic N) is 1. The van der Waals surface area contributed by atoms with Gasteiger partial charge in [0.05, 0.1) is 13.2 Å². The molecule has 5 aliphatic rings. The third-order valence-electron chi connectivity index (χ3n) is 9.16. The van der Waals surface area contributed by atoms with Gasteiger partial charge in [0.15, 0.2) is 0 Å². The molecule has 0 spiro atoms. The van der Waals surface area contributed by atoms with Gasteiger partial charge in [-0.05, 0) is 74.3 Å². The zero-order chi connectivity index (χ0) is 29.8. The largest absolute Gasteiger partial charge is 0.378 e. The highest BCUT2D eigenvalue weighted by atomic mass is 16.5. The number of carbonyl (C=O) groups excluding carboxylic acids is 5. The number of nitrogens with one attached hydrogen (secondary N) is 5. The van der Waals surface area contributed by atoms with Crippen molar-refractivity contribution in [3.05, 3.63) is 28.7 Å². The van der Waals surface area contributed by atoms with Gasteiger partial charge in [-0.3, -0.25) is 28.8 Å². The molecule has 4 amide bonds. The van der Waals surface area contributed by atoms with E-state index in [-0.39, 0.29) is 43.6 Å². The Morgan fingerprint density at radius 3 is 2.43 bits per heavy atom. The van der Waals surface area contributed by atoms with E-state index in [1.54, 1.807) is 6.07 Å². The van der Waals surface area contributed by atoms with Crippen LogP contribution in [0.15, 0.2) is 23.1 Å². The molecule has 42 heavy (non-hydrogen) atoms. The van der Waals surface area contributed by atoms with Crippen LogP contribution >= 0.6 is 0 Å². The second kappa shape index (κ2) is 13.2. The zero-order valence-electron chi connectivity index (χ0n) is 23.9. The number of morpholine rings is 1. The van der Waals surface area contributed by atoms with Crippen molar-refractivity contribution in [3.63, 3.8) is 0 Å². The SMILES string of the molecule is CNC(=O)C(=O)CC[C@H](NC(=O)[C@H]1COCCN1)C(=O)Nc1cccn(CC(=O)NC2C3CC4CC(C3)CC2C4)c1=O. The number of carbonyl (C=O) groups is 5. The van der Waals surface area contributed by atoms with Crippen LogP contribution in [0.25, 0.3) is 0 Å². The third-order valence-corrected chi connectivity index (χ3v) is 9.16. The summed E-state index contributed by atoms with van der Waals surface area (Å²) in [7, 11) is 1.32. The first-order valence-electron chi connectivity index (χ1n) is 14.9. The third kappa shape index (κ3) is 6.89. The van der Waals surface area contributed by atoms with Gasteiger partial charge in [0.2, 0.25) is 23.5 Å². The fraction of sp³-hybridized carbons (Fsp3) is 0.655. The van der Waals surface area contributed by atoms with Gasteiger partial charge in [-0.1, -0.05) is 0 Å². The molecule has 0 aromatic carbocycles. The van der Waals surface area contributed by atoms with Gasteiger partial charge in [-0.2, -0.15) is 0 Å². The lowest BCUT2D eigenvalue weighted by Gasteiger charge is -2.54. The van der Waals surface area contributed by atoms with Crippen LogP contribution in [0, 0.1) is 23.7 Å². The summed E-state index contributed by atoms with van der Waals surface area (Å²) in [5, 5.41) is 13.6. The summed E-state index contributed by atoms with van der Waals surface area (Å²) in [6.45, 7) is 0.853. The Labute approximate surface area is 243 Å². The van der Waals surface area contributed by atoms with Gasteiger partial charge in [-0.25, -0.2) is 0 Å². The molecule has 1 aromatic rings. The van der Waals surface area contributed by atoms with E-state index in [1.165, 1.54) is 30.3 Å². The van der Waals surface area contributed by atoms with Crippen LogP contribution in [0.2, 0.25) is 0 Å². The molecule has 4 saturated carbocycles. The van der Waals surface area contributed by atoms with Crippen LogP contribution in [-0.2, 0) is 35.3 Å². The summed E-state index contributed by atoms with van der Waals surface area (Å²) in [5.74, 6) is -0.435. The lowest BCUT2D eigenvalue weighted by atomic mass is 9.54. The first-order chi connectivity index (χ1) is 20.2. The molecule has 1 aliphatic heterocycles. The van der Waals surface area contributed by atoms with Crippen molar-refractivity contribution in [2.24, 2.45) is 23.7 Å². The average molecular weight is 585 g/mol. The number of ketones is 1. The predicted molar refractivity (Wildman–Crippen MR) is 151 cm³/mol. The van der Waals surface area contributed by atoms with Gasteiger partial charge in [0.25, 0.3) is 11.5 Å². The number of pyridine rings is 1. The van der Waals surface area contributed by atoms with E-state index < -0.39 is 41.1 Å². The predicted octanol–water partition coefficient (Wildman–Crippen LogP) is -0.704. The smallest absolute Gasteiger partial charge is 0.287 e. The van der Waals surface area contributed by atoms with Crippen molar-refractivity contribution in [1.82, 2.24) is 25.8 Å². The topological polar surface area (TPSA) is 177 Å². The number of aromatic nitrogens is 1. The summed E-state index contributed by atoms with van der Waals surface area (Å²) in [6.07, 6.45) is 7.01. The number of hydrogen-bond donors (Lipinski definition) is 5. The Morgan fingerprint density at radius 2 is 1.79 bits per heavy atom. The summed E-state index contributed by atoms with van der Waals surface area (Å²) < 4.78 is 6.56. The van der Waals surface area contributed by atoms with Gasteiger partial charge < -0.3 is 35.9 Å². The first kappa shape index (κ1) is 29.9. The molecule has 5 N–H and O–H groups in total. The molecule has 4 bridgehead atoms. The Balaban J connectivity index is 1.22. The van der Waals surface area contributed by atoms with E-state index in [0.717, 1.165) is 37.5 Å². The minimum atomic E-state index is -1.21. The molecule has 5 fully saturated rings. The molecule has 228 valence electrons. The number of rotatable bonds is 11. The maximum absolute atomic E-state index is 13.3. The first-order valence-corrected chi connectivity index (χ1v) is 14.9. The summed E-state index contributed by atoms with van der Waals surface area (Å²) in [4.78, 5) is 76.0. The molecular weight excluding hydrogens is 544 g/mol. The zero-order valence-corrected chi connectivity index (χ0v) is 23.9. The highest BCUT2D eigenvalue weighted by Crippen LogP contribution is 2.53. The number of ether oxygens (including phenoxy) is 1. The fourth-order valence-corrected chi connectivity index (χ4v) is 7.33.